The molecule has 0 saturated carbocycles. The van der Waals surface area contributed by atoms with Crippen LogP contribution in [0.15, 0.2) is 75.9 Å². The van der Waals surface area contributed by atoms with Gasteiger partial charge in [-0.25, -0.2) is 14.8 Å². The molecule has 0 fully saturated rings. The number of anilines is 1. The molecule has 4 aromatic heterocycles. The summed E-state index contributed by atoms with van der Waals surface area (Å²) in [5.74, 6) is -1.11. The standard InChI is InChI=1S/C52H53N5O7.Fe/c1-9-57(35-12-15-37-27(2)22-49(62)64-46(37)23-35)20-21-63-36-13-10-34(11-14-36)50-51-30(5)28(3)40(55-51)24-42-32(7)38(16-18-47(58)59)44(53-42)26-45-39(17-19-48(60)61)33(8)43(54-45)25-41-29(4)31(6)52(50)56-41;/h10-15,22-26H,9,16-21H2,1-8H3,(H4,53,54,55,56,58,59,60,61);/q;+2/p-2. The van der Waals surface area contributed by atoms with Gasteiger partial charge in [0.2, 0.25) is 0 Å². The van der Waals surface area contributed by atoms with Crippen LogP contribution in [-0.2, 0) is 33.1 Å². The average molecular weight is 914 g/mol. The molecule has 0 radical (unpaired) electrons. The quantitative estimate of drug-likeness (QED) is 0.0831. The summed E-state index contributed by atoms with van der Waals surface area (Å²) in [6.07, 6.45) is 0.397. The fraction of sp³-hybridized carbons (Fsp3) is 0.288. The second-order valence-electron chi connectivity index (χ2n) is 16.6. The van der Waals surface area contributed by atoms with Crippen molar-refractivity contribution >= 4 is 73.0 Å². The number of aliphatic carboxylic acids is 2. The number of rotatable bonds is 13. The Morgan fingerprint density at radius 1 is 0.723 bits per heavy atom. The molecule has 0 atom stereocenters. The Morgan fingerprint density at radius 2 is 1.38 bits per heavy atom. The maximum absolute atomic E-state index is 12.1. The van der Waals surface area contributed by atoms with E-state index < -0.39 is 11.9 Å². The molecule has 2 aromatic carbocycles. The van der Waals surface area contributed by atoms with E-state index in [2.05, 4.69) is 25.7 Å². The molecule has 2 N–H and O–H groups in total. The molecule has 12 nitrogen and oxygen atoms in total. The number of fused-ring (bicyclic) bond motifs is 9. The number of benzene rings is 2. The first-order valence-corrected chi connectivity index (χ1v) is 21.6. The normalized spacial score (nSPS) is 12.5. The summed E-state index contributed by atoms with van der Waals surface area (Å²) in [6.45, 7) is 17.9. The van der Waals surface area contributed by atoms with Crippen molar-refractivity contribution in [2.45, 2.75) is 81.1 Å². The van der Waals surface area contributed by atoms with Crippen molar-refractivity contribution in [1.82, 2.24) is 19.9 Å². The maximum Gasteiger partial charge on any atom is 2.00 e. The molecule has 334 valence electrons. The van der Waals surface area contributed by atoms with Gasteiger partial charge in [0.15, 0.2) is 0 Å². The van der Waals surface area contributed by atoms with Crippen molar-refractivity contribution < 1.29 is 46.0 Å². The van der Waals surface area contributed by atoms with Gasteiger partial charge in [0.1, 0.15) is 17.9 Å². The zero-order valence-corrected chi connectivity index (χ0v) is 38.9. The minimum absolute atomic E-state index is 0. The molecule has 0 unspecified atom stereocenters. The molecular formula is C52H51FeN5O7. The number of carboxylic acids is 2. The third kappa shape index (κ3) is 9.16. The van der Waals surface area contributed by atoms with E-state index in [1.807, 2.05) is 95.3 Å². The molecule has 0 spiro atoms. The molecule has 65 heavy (non-hydrogen) atoms. The summed E-state index contributed by atoms with van der Waals surface area (Å²) in [4.78, 5) is 58.6. The third-order valence-electron chi connectivity index (χ3n) is 12.8. The van der Waals surface area contributed by atoms with Crippen LogP contribution in [0.5, 0.6) is 5.75 Å². The Bertz CT molecular complexity index is 3190. The van der Waals surface area contributed by atoms with E-state index in [0.29, 0.717) is 46.9 Å². The zero-order chi connectivity index (χ0) is 45.6. The first-order valence-electron chi connectivity index (χ1n) is 21.6. The number of aromatic nitrogens is 4. The summed E-state index contributed by atoms with van der Waals surface area (Å²) < 4.78 is 11.8. The van der Waals surface area contributed by atoms with Crippen LogP contribution < -0.4 is 25.2 Å². The van der Waals surface area contributed by atoms with Crippen LogP contribution >= 0.6 is 0 Å². The molecule has 13 heteroatoms. The Morgan fingerprint density at radius 3 is 2.08 bits per heavy atom. The van der Waals surface area contributed by atoms with Gasteiger partial charge in [0.25, 0.3) is 0 Å². The maximum atomic E-state index is 12.1. The van der Waals surface area contributed by atoms with Crippen LogP contribution in [0.1, 0.15) is 97.6 Å². The number of carboxylic acid groups (broad SMARTS) is 2. The molecule has 6 heterocycles. The predicted octanol–water partition coefficient (Wildman–Crippen LogP) is 10.2. The van der Waals surface area contributed by atoms with Gasteiger partial charge in [-0.3, -0.25) is 9.59 Å². The molecule has 8 bridgehead atoms. The number of likely N-dealkylation sites (N-methyl/N-ethyl adjacent to an activating group) is 1. The average Bonchev–Trinajstić information content (AvgIpc) is 3.91. The summed E-state index contributed by atoms with van der Waals surface area (Å²) in [7, 11) is 0. The fourth-order valence-electron chi connectivity index (χ4n) is 8.70. The van der Waals surface area contributed by atoms with E-state index in [9.17, 15) is 24.6 Å². The van der Waals surface area contributed by atoms with Gasteiger partial charge in [-0.2, -0.15) is 0 Å². The number of nitrogens with zero attached hydrogens (tertiary/aromatic N) is 5. The first-order chi connectivity index (χ1) is 30.6. The Hall–Kier alpha value is -6.69. The van der Waals surface area contributed by atoms with Crippen molar-refractivity contribution in [3.63, 3.8) is 0 Å². The Kier molecular flexibility index (Phi) is 13.4. The van der Waals surface area contributed by atoms with Crippen LogP contribution in [0.2, 0.25) is 0 Å². The monoisotopic (exact) mass is 913 g/mol. The van der Waals surface area contributed by atoms with Crippen molar-refractivity contribution in [2.24, 2.45) is 0 Å². The molecule has 8 rings (SSSR count). The number of hydrogen-bond acceptors (Lipinski definition) is 8. The zero-order valence-electron chi connectivity index (χ0n) is 37.8. The van der Waals surface area contributed by atoms with Gasteiger partial charge in [0, 0.05) is 42.6 Å². The van der Waals surface area contributed by atoms with Gasteiger partial charge in [0.05, 0.1) is 29.3 Å². The first kappa shape index (κ1) is 46.3. The van der Waals surface area contributed by atoms with E-state index in [-0.39, 0.29) is 48.4 Å². The van der Waals surface area contributed by atoms with E-state index in [1.54, 1.807) is 0 Å². The van der Waals surface area contributed by atoms with Crippen LogP contribution in [0.4, 0.5) is 5.69 Å². The van der Waals surface area contributed by atoms with Gasteiger partial charge in [-0.05, 0) is 131 Å². The van der Waals surface area contributed by atoms with Crippen molar-refractivity contribution in [3.8, 4) is 16.9 Å². The molecule has 0 amide bonds. The van der Waals surface area contributed by atoms with E-state index in [4.69, 9.17) is 29.1 Å². The number of ether oxygens (including phenoxy) is 1. The number of hydrogen-bond donors (Lipinski definition) is 2. The van der Waals surface area contributed by atoms with E-state index >= 15 is 0 Å². The van der Waals surface area contributed by atoms with Gasteiger partial charge in [-0.1, -0.05) is 52.6 Å². The Balaban J connectivity index is 0.00000630. The summed E-state index contributed by atoms with van der Waals surface area (Å²) >= 11 is 0. The minimum Gasteiger partial charge on any atom is -0.657 e. The largest absolute Gasteiger partial charge is 2.00 e. The predicted molar refractivity (Wildman–Crippen MR) is 253 cm³/mol. The SMILES string of the molecule is CCN(CCOc1ccc(-c2c3nc(cc4[n-]c(cc5nc(cc6[n-]c2c(C)c6C)C(C)=C5CCC(=O)O)c(CCC(=O)O)c4C)C(C)=C3C)cc1)c1ccc2c(C)cc(=O)oc2c1.[Fe+2]. The number of allylic oxidation sites excluding steroid dienone is 4. The number of carbonyl (C=O) groups is 2. The van der Waals surface area contributed by atoms with E-state index in [1.165, 1.54) is 6.07 Å². The molecule has 0 saturated heterocycles. The molecule has 0 aliphatic carbocycles. The van der Waals surface area contributed by atoms with Gasteiger partial charge < -0.3 is 34.2 Å². The molecule has 6 aromatic rings. The summed E-state index contributed by atoms with van der Waals surface area (Å²) in [6, 6.07) is 21.2. The number of aryl methyl sites for hydroxylation is 5. The van der Waals surface area contributed by atoms with Crippen LogP contribution in [0, 0.1) is 27.7 Å². The fourth-order valence-corrected chi connectivity index (χ4v) is 8.70. The van der Waals surface area contributed by atoms with Crippen LogP contribution in [0.3, 0.4) is 0 Å². The minimum atomic E-state index is -0.909. The van der Waals surface area contributed by atoms with Crippen molar-refractivity contribution in [3.05, 3.63) is 128 Å². The Labute approximate surface area is 387 Å². The summed E-state index contributed by atoms with van der Waals surface area (Å²) in [5, 5.41) is 20.2. The topological polar surface area (TPSA) is 171 Å². The molecule has 2 aliphatic heterocycles. The van der Waals surface area contributed by atoms with Crippen LogP contribution in [0.25, 0.3) is 66.5 Å². The van der Waals surface area contributed by atoms with Crippen molar-refractivity contribution in [2.75, 3.05) is 24.6 Å². The smallest absolute Gasteiger partial charge is 0.657 e. The summed E-state index contributed by atoms with van der Waals surface area (Å²) in [5.41, 5.74) is 16.8. The molecular weight excluding hydrogens is 862 g/mol. The second-order valence-corrected chi connectivity index (χ2v) is 16.6. The van der Waals surface area contributed by atoms with Crippen LogP contribution in [-0.4, -0.2) is 51.8 Å². The van der Waals surface area contributed by atoms with E-state index in [0.717, 1.165) is 101 Å². The third-order valence-corrected chi connectivity index (χ3v) is 12.8. The molecule has 2 aliphatic rings. The second kappa shape index (κ2) is 18.8. The van der Waals surface area contributed by atoms with Gasteiger partial charge >= 0.3 is 34.6 Å². The van der Waals surface area contributed by atoms with Crippen molar-refractivity contribution in [1.29, 1.82) is 0 Å². The van der Waals surface area contributed by atoms with Gasteiger partial charge in [-0.15, -0.1) is 22.1 Å².